The van der Waals surface area contributed by atoms with Crippen molar-refractivity contribution in [2.75, 3.05) is 44.2 Å². The van der Waals surface area contributed by atoms with E-state index in [-0.39, 0.29) is 24.0 Å². The molecule has 36 heavy (non-hydrogen) atoms. The number of nitrogens with one attached hydrogen (secondary N) is 1. The number of halogens is 4. The molecule has 1 amide bonds. The van der Waals surface area contributed by atoms with Crippen molar-refractivity contribution in [3.05, 3.63) is 45.5 Å². The molecule has 5 heterocycles. The molecule has 5 rings (SSSR count). The van der Waals surface area contributed by atoms with E-state index in [1.165, 1.54) is 12.0 Å². The predicted octanol–water partition coefficient (Wildman–Crippen LogP) is 1.64. The molecule has 3 aromatic rings. The van der Waals surface area contributed by atoms with E-state index in [1.807, 2.05) is 26.5 Å². The molecule has 0 spiro atoms. The van der Waals surface area contributed by atoms with Crippen molar-refractivity contribution in [1.82, 2.24) is 29.5 Å². The third-order valence-electron chi connectivity index (χ3n) is 6.91. The molecule has 1 unspecified atom stereocenters. The molecule has 0 aromatic carbocycles. The van der Waals surface area contributed by atoms with Gasteiger partial charge < -0.3 is 0 Å². The van der Waals surface area contributed by atoms with Crippen LogP contribution in [0.5, 0.6) is 0 Å². The predicted molar refractivity (Wildman–Crippen MR) is 124 cm³/mol. The third-order valence-corrected chi connectivity index (χ3v) is 6.91. The Morgan fingerprint density at radius 1 is 1.19 bits per heavy atom. The quantitative estimate of drug-likeness (QED) is 0.543. The summed E-state index contributed by atoms with van der Waals surface area (Å²) in [4.78, 5) is 34.8. The van der Waals surface area contributed by atoms with Gasteiger partial charge in [-0.2, -0.15) is 18.3 Å². The van der Waals surface area contributed by atoms with E-state index in [0.29, 0.717) is 57.0 Å². The van der Waals surface area contributed by atoms with Gasteiger partial charge in [0.2, 0.25) is 0 Å². The zero-order chi connectivity index (χ0) is 25.6. The summed E-state index contributed by atoms with van der Waals surface area (Å²) in [6.45, 7) is 4.31. The van der Waals surface area contributed by atoms with Crippen LogP contribution in [0.3, 0.4) is 0 Å². The molecule has 0 saturated carbocycles. The van der Waals surface area contributed by atoms with Gasteiger partial charge in [0, 0.05) is 0 Å². The van der Waals surface area contributed by atoms with Gasteiger partial charge in [0.25, 0.3) is 5.56 Å². The number of fused-ring (bicyclic) bond motifs is 1. The average molecular weight is 505 g/mol. The number of amides is 1. The number of aromatic nitrogens is 4. The number of aromatic amines is 1. The first-order valence-electron chi connectivity index (χ1n) is 11.7. The molecule has 2 fully saturated rings. The number of piperazine rings is 1. The van der Waals surface area contributed by atoms with Crippen LogP contribution in [-0.4, -0.2) is 81.6 Å². The van der Waals surface area contributed by atoms with Gasteiger partial charge in [-0.1, -0.05) is 0 Å². The number of carbonyl (C=O) groups is 1. The fourth-order valence-corrected chi connectivity index (χ4v) is 5.03. The summed E-state index contributed by atoms with van der Waals surface area (Å²) >= 11 is 0. The van der Waals surface area contributed by atoms with Gasteiger partial charge in [0.1, 0.15) is 5.56 Å². The molecular weight excluding hydrogens is 481 g/mol. The number of H-pyrrole nitrogens is 1. The molecule has 14 heteroatoms. The summed E-state index contributed by atoms with van der Waals surface area (Å²) in [6, 6.07) is 1.70. The number of nitrogens with zero attached hydrogens (tertiary/aromatic N) is 6. The van der Waals surface area contributed by atoms with Crippen LogP contribution in [0.2, 0.25) is 0 Å². The average Bonchev–Trinajstić information content (AvgIpc) is 3.42. The van der Waals surface area contributed by atoms with Crippen molar-refractivity contribution in [3.63, 3.8) is 0 Å². The summed E-state index contributed by atoms with van der Waals surface area (Å²) in [6.07, 6.45) is -3.52. The number of likely N-dealkylation sites (tertiary alicyclic amines) is 1. The van der Waals surface area contributed by atoms with Crippen molar-refractivity contribution in [2.24, 2.45) is 7.05 Å². The van der Waals surface area contributed by atoms with Crippen LogP contribution in [0.4, 0.5) is 23.5 Å². The summed E-state index contributed by atoms with van der Waals surface area (Å²) in [7, 11) is 1.86. The van der Waals surface area contributed by atoms with E-state index >= 15 is 0 Å². The van der Waals surface area contributed by atoms with E-state index in [9.17, 15) is 27.2 Å². The standard InChI is InChI=1S/C22H24BF4N7O2/c1-31-19-16(9-13(24)11-23-19)28-21(31)33-7-5-32(6-8-33)18(35)12-34-4-2-3-17(34)15-10-14(22(25,26)27)20(36)30-29-15/h9-11,17H,2-8,12H2,1H3,(H,30,36). The topological polar surface area (TPSA) is 90.4 Å². The first-order chi connectivity index (χ1) is 17.1. The molecular formula is C22H24BF4N7O2. The molecule has 190 valence electrons. The number of aryl methyl sites for hydroxylation is 1. The summed E-state index contributed by atoms with van der Waals surface area (Å²) in [5.74, 6) is 1.62. The van der Waals surface area contributed by atoms with Crippen LogP contribution in [0.25, 0.3) is 10.9 Å². The number of anilines is 1. The zero-order valence-electron chi connectivity index (χ0n) is 19.6. The Labute approximate surface area is 203 Å². The second-order valence-corrected chi connectivity index (χ2v) is 9.13. The molecule has 0 aliphatic carbocycles. The van der Waals surface area contributed by atoms with Gasteiger partial charge in [0.05, 0.1) is 0 Å². The number of hydrogen-bond acceptors (Lipinski definition) is 6. The van der Waals surface area contributed by atoms with Crippen LogP contribution in [0.15, 0.2) is 22.9 Å². The second kappa shape index (κ2) is 9.30. The van der Waals surface area contributed by atoms with E-state index in [0.717, 1.165) is 11.5 Å². The van der Waals surface area contributed by atoms with Crippen molar-refractivity contribution in [1.29, 1.82) is 0 Å². The molecule has 2 saturated heterocycles. The van der Waals surface area contributed by atoms with Gasteiger partial charge in [0.15, 0.2) is 0 Å². The number of alkyl halides is 3. The molecule has 2 aliphatic heterocycles. The van der Waals surface area contributed by atoms with Crippen LogP contribution >= 0.6 is 0 Å². The monoisotopic (exact) mass is 505 g/mol. The molecule has 0 radical (unpaired) electrons. The van der Waals surface area contributed by atoms with E-state index in [4.69, 9.17) is 0 Å². The fourth-order valence-electron chi connectivity index (χ4n) is 5.03. The van der Waals surface area contributed by atoms with E-state index in [1.54, 1.807) is 11.8 Å². The maximum absolute atomic E-state index is 13.6. The zero-order valence-corrected chi connectivity index (χ0v) is 19.6. The van der Waals surface area contributed by atoms with E-state index < -0.39 is 23.3 Å². The first kappa shape index (κ1) is 24.4. The molecule has 3 aromatic heterocycles. The minimum absolute atomic E-state index is 0.0540. The fraction of sp³-hybridized carbons (Fsp3) is 0.500. The number of imidazole rings is 1. The Bertz CT molecular complexity index is 1350. The summed E-state index contributed by atoms with van der Waals surface area (Å²) in [5.41, 5.74) is -1.08. The maximum atomic E-state index is 13.6. The van der Waals surface area contributed by atoms with Crippen molar-refractivity contribution in [3.8, 4) is 0 Å². The minimum atomic E-state index is -4.78. The Morgan fingerprint density at radius 2 is 1.94 bits per heavy atom. The van der Waals surface area contributed by atoms with Gasteiger partial charge >= 0.3 is 158 Å². The Hall–Kier alpha value is -3.29. The van der Waals surface area contributed by atoms with Crippen molar-refractivity contribution < 1.29 is 22.4 Å². The number of hydrogen-bond donors (Lipinski definition) is 1. The summed E-state index contributed by atoms with van der Waals surface area (Å²) in [5, 5.41) is 5.78. The van der Waals surface area contributed by atoms with Gasteiger partial charge in [-0.15, -0.1) is 0 Å². The number of rotatable bonds is 4. The Balaban J connectivity index is 1.23. The van der Waals surface area contributed by atoms with Crippen molar-refractivity contribution >= 4 is 29.7 Å². The molecule has 0 bridgehead atoms. The van der Waals surface area contributed by atoms with Crippen LogP contribution in [-0.2, 0) is 18.0 Å². The second-order valence-electron chi connectivity index (χ2n) is 9.13. The normalized spacial score (nSPS) is 19.3. The van der Waals surface area contributed by atoms with Crippen molar-refractivity contribution in [2.45, 2.75) is 25.1 Å². The van der Waals surface area contributed by atoms with E-state index in [2.05, 4.69) is 10.1 Å². The summed E-state index contributed by atoms with van der Waals surface area (Å²) < 4.78 is 55.0. The van der Waals surface area contributed by atoms with Crippen LogP contribution < -0.4 is 10.5 Å². The SMILES string of the molecule is Cn1c(N2CCN(C(=O)CN3CCCC3c3cc(C(F)(F)F)c(=O)[nH]n3)CC2)nc2cc(F)cbc21. The Kier molecular flexibility index (Phi) is 6.31. The van der Waals surface area contributed by atoms with Crippen LogP contribution in [0, 0.1) is 5.82 Å². The number of carbonyl (C=O) groups excluding carboxylic acids is 1. The molecule has 1 N–H and O–H groups in total. The van der Waals surface area contributed by atoms with Crippen LogP contribution in [0.1, 0.15) is 30.1 Å². The van der Waals surface area contributed by atoms with Gasteiger partial charge in [-0.25, -0.2) is 5.10 Å². The van der Waals surface area contributed by atoms with Gasteiger partial charge in [-0.3, -0.25) is 4.79 Å². The third kappa shape index (κ3) is 4.61. The first-order valence-corrected chi connectivity index (χ1v) is 11.7. The van der Waals surface area contributed by atoms with Gasteiger partial charge in [-0.05, 0) is 6.07 Å². The molecule has 9 nitrogen and oxygen atoms in total. The molecule has 2 aliphatic rings. The Morgan fingerprint density at radius 3 is 2.67 bits per heavy atom. The molecule has 1 atom stereocenters.